The van der Waals surface area contributed by atoms with Gasteiger partial charge in [0.05, 0.1) is 18.8 Å². The fourth-order valence-electron chi connectivity index (χ4n) is 2.69. The van der Waals surface area contributed by atoms with Gasteiger partial charge in [0.1, 0.15) is 0 Å². The zero-order valence-corrected chi connectivity index (χ0v) is 11.8. The molecular weight excluding hydrogens is 214 g/mol. The van der Waals surface area contributed by atoms with Crippen LogP contribution in [0.5, 0.6) is 0 Å². The number of hydrogen-bond donors (Lipinski definition) is 2. The molecule has 1 saturated carbocycles. The van der Waals surface area contributed by atoms with E-state index in [9.17, 15) is 5.11 Å². The molecule has 0 bridgehead atoms. The van der Waals surface area contributed by atoms with E-state index in [0.717, 1.165) is 24.7 Å². The van der Waals surface area contributed by atoms with E-state index in [1.807, 2.05) is 0 Å². The van der Waals surface area contributed by atoms with E-state index in [-0.39, 0.29) is 6.10 Å². The summed E-state index contributed by atoms with van der Waals surface area (Å²) in [5.74, 6) is 1.52. The molecule has 0 aromatic carbocycles. The lowest BCUT2D eigenvalue weighted by molar-refractivity contribution is -0.0399. The summed E-state index contributed by atoms with van der Waals surface area (Å²) < 4.78 is 5.83. The molecule has 0 spiro atoms. The van der Waals surface area contributed by atoms with Gasteiger partial charge in [-0.2, -0.15) is 0 Å². The van der Waals surface area contributed by atoms with Crippen LogP contribution in [-0.2, 0) is 4.74 Å². The molecule has 2 N–H and O–H groups in total. The fourth-order valence-corrected chi connectivity index (χ4v) is 2.69. The highest BCUT2D eigenvalue weighted by atomic mass is 16.5. The van der Waals surface area contributed by atoms with E-state index < -0.39 is 0 Å². The zero-order chi connectivity index (χ0) is 12.8. The highest BCUT2D eigenvalue weighted by molar-refractivity contribution is 4.75. The molecule has 0 radical (unpaired) electrons. The van der Waals surface area contributed by atoms with Crippen LogP contribution in [0.1, 0.15) is 47.0 Å². The maximum absolute atomic E-state index is 9.77. The number of nitrogens with one attached hydrogen (secondary N) is 1. The summed E-state index contributed by atoms with van der Waals surface area (Å²) in [5, 5.41) is 13.0. The Labute approximate surface area is 106 Å². The Hall–Kier alpha value is -0.120. The Morgan fingerprint density at radius 3 is 2.29 bits per heavy atom. The number of aliphatic hydroxyl groups is 1. The van der Waals surface area contributed by atoms with Gasteiger partial charge >= 0.3 is 0 Å². The van der Waals surface area contributed by atoms with Crippen molar-refractivity contribution in [2.75, 3.05) is 13.2 Å². The van der Waals surface area contributed by atoms with Crippen LogP contribution in [0.15, 0.2) is 0 Å². The SMILES string of the molecule is CC1CC(C)CC(OCC(O)CNC(C)C)C1. The second-order valence-electron chi connectivity index (χ2n) is 6.09. The highest BCUT2D eigenvalue weighted by Gasteiger charge is 2.24. The third-order valence-corrected chi connectivity index (χ3v) is 3.42. The van der Waals surface area contributed by atoms with E-state index in [1.54, 1.807) is 0 Å². The minimum absolute atomic E-state index is 0.349. The van der Waals surface area contributed by atoms with Gasteiger partial charge in [-0.25, -0.2) is 0 Å². The van der Waals surface area contributed by atoms with Crippen molar-refractivity contribution in [2.45, 2.75) is 65.2 Å². The second-order valence-corrected chi connectivity index (χ2v) is 6.09. The number of aliphatic hydroxyl groups excluding tert-OH is 1. The first-order valence-corrected chi connectivity index (χ1v) is 7.00. The van der Waals surface area contributed by atoms with Crippen molar-refractivity contribution in [1.82, 2.24) is 5.32 Å². The Kier molecular flexibility index (Phi) is 6.45. The molecular formula is C14H29NO2. The molecule has 3 heteroatoms. The molecule has 0 amide bonds. The topological polar surface area (TPSA) is 41.5 Å². The molecule has 0 heterocycles. The Morgan fingerprint density at radius 2 is 1.76 bits per heavy atom. The van der Waals surface area contributed by atoms with Crippen molar-refractivity contribution in [3.8, 4) is 0 Å². The second kappa shape index (κ2) is 7.34. The third-order valence-electron chi connectivity index (χ3n) is 3.42. The highest BCUT2D eigenvalue weighted by Crippen LogP contribution is 2.30. The molecule has 17 heavy (non-hydrogen) atoms. The van der Waals surface area contributed by atoms with E-state index in [0.29, 0.717) is 25.3 Å². The maximum atomic E-state index is 9.77. The van der Waals surface area contributed by atoms with E-state index in [1.165, 1.54) is 6.42 Å². The predicted octanol–water partition coefficient (Wildman–Crippen LogP) is 2.19. The lowest BCUT2D eigenvalue weighted by Gasteiger charge is -2.32. The summed E-state index contributed by atoms with van der Waals surface area (Å²) in [6.45, 7) is 9.83. The Balaban J connectivity index is 2.16. The zero-order valence-electron chi connectivity index (χ0n) is 11.8. The normalized spacial score (nSPS) is 31.8. The minimum atomic E-state index is -0.384. The lowest BCUT2D eigenvalue weighted by Crippen LogP contribution is -2.36. The molecule has 3 atom stereocenters. The first kappa shape index (κ1) is 14.9. The molecule has 1 aliphatic rings. The van der Waals surface area contributed by atoms with Crippen LogP contribution in [0.25, 0.3) is 0 Å². The monoisotopic (exact) mass is 243 g/mol. The average molecular weight is 243 g/mol. The van der Waals surface area contributed by atoms with Gasteiger partial charge in [-0.3, -0.25) is 0 Å². The van der Waals surface area contributed by atoms with Gasteiger partial charge in [0, 0.05) is 12.6 Å². The molecule has 0 saturated heterocycles. The van der Waals surface area contributed by atoms with Crippen LogP contribution >= 0.6 is 0 Å². The standard InChI is InChI=1S/C14H29NO2/c1-10(2)15-8-13(16)9-17-14-6-11(3)5-12(4)7-14/h10-16H,5-9H2,1-4H3. The van der Waals surface area contributed by atoms with Crippen LogP contribution in [0, 0.1) is 11.8 Å². The van der Waals surface area contributed by atoms with Crippen molar-refractivity contribution in [1.29, 1.82) is 0 Å². The van der Waals surface area contributed by atoms with Crippen molar-refractivity contribution in [3.05, 3.63) is 0 Å². The summed E-state index contributed by atoms with van der Waals surface area (Å²) in [7, 11) is 0. The summed E-state index contributed by atoms with van der Waals surface area (Å²) >= 11 is 0. The molecule has 1 rings (SSSR count). The lowest BCUT2D eigenvalue weighted by atomic mass is 9.82. The Bertz CT molecular complexity index is 198. The molecule has 0 aromatic rings. The number of ether oxygens (including phenoxy) is 1. The minimum Gasteiger partial charge on any atom is -0.389 e. The molecule has 0 aliphatic heterocycles. The van der Waals surface area contributed by atoms with Crippen LogP contribution in [0.2, 0.25) is 0 Å². The maximum Gasteiger partial charge on any atom is 0.0897 e. The van der Waals surface area contributed by atoms with Crippen LogP contribution < -0.4 is 5.32 Å². The van der Waals surface area contributed by atoms with E-state index >= 15 is 0 Å². The van der Waals surface area contributed by atoms with Crippen molar-refractivity contribution in [2.24, 2.45) is 11.8 Å². The van der Waals surface area contributed by atoms with Crippen molar-refractivity contribution in [3.63, 3.8) is 0 Å². The molecule has 102 valence electrons. The van der Waals surface area contributed by atoms with Crippen molar-refractivity contribution >= 4 is 0 Å². The Morgan fingerprint density at radius 1 is 1.18 bits per heavy atom. The van der Waals surface area contributed by atoms with Gasteiger partial charge in [-0.15, -0.1) is 0 Å². The first-order chi connectivity index (χ1) is 7.97. The number of hydrogen-bond acceptors (Lipinski definition) is 3. The van der Waals surface area contributed by atoms with Gasteiger partial charge in [0.15, 0.2) is 0 Å². The van der Waals surface area contributed by atoms with Gasteiger partial charge in [0.2, 0.25) is 0 Å². The molecule has 1 fully saturated rings. The predicted molar refractivity (Wildman–Crippen MR) is 71.1 cm³/mol. The van der Waals surface area contributed by atoms with E-state index in [2.05, 4.69) is 33.0 Å². The molecule has 0 aromatic heterocycles. The van der Waals surface area contributed by atoms with Gasteiger partial charge < -0.3 is 15.2 Å². The quantitative estimate of drug-likeness (QED) is 0.751. The third kappa shape index (κ3) is 6.39. The van der Waals surface area contributed by atoms with Crippen LogP contribution in [-0.4, -0.2) is 36.5 Å². The average Bonchev–Trinajstić information content (AvgIpc) is 2.22. The van der Waals surface area contributed by atoms with Gasteiger partial charge in [0.25, 0.3) is 0 Å². The van der Waals surface area contributed by atoms with Gasteiger partial charge in [-0.05, 0) is 31.1 Å². The summed E-state index contributed by atoms with van der Waals surface area (Å²) in [5.41, 5.74) is 0. The number of rotatable bonds is 6. The van der Waals surface area contributed by atoms with E-state index in [4.69, 9.17) is 4.74 Å². The summed E-state index contributed by atoms with van der Waals surface area (Å²) in [6.07, 6.45) is 3.58. The van der Waals surface area contributed by atoms with Crippen molar-refractivity contribution < 1.29 is 9.84 Å². The molecule has 3 nitrogen and oxygen atoms in total. The van der Waals surface area contributed by atoms with Crippen LogP contribution in [0.4, 0.5) is 0 Å². The summed E-state index contributed by atoms with van der Waals surface area (Å²) in [4.78, 5) is 0. The summed E-state index contributed by atoms with van der Waals surface area (Å²) in [6, 6.07) is 0.416. The molecule has 3 unspecified atom stereocenters. The first-order valence-electron chi connectivity index (χ1n) is 7.00. The molecule has 1 aliphatic carbocycles. The van der Waals surface area contributed by atoms with Gasteiger partial charge in [-0.1, -0.05) is 27.7 Å². The fraction of sp³-hybridized carbons (Fsp3) is 1.00. The largest absolute Gasteiger partial charge is 0.389 e. The van der Waals surface area contributed by atoms with Crippen LogP contribution in [0.3, 0.4) is 0 Å². The smallest absolute Gasteiger partial charge is 0.0897 e.